The highest BCUT2D eigenvalue weighted by Crippen LogP contribution is 2.33. The van der Waals surface area contributed by atoms with Crippen LogP contribution >= 0.6 is 11.8 Å². The molecular weight excluding hydrogens is 389 g/mol. The Morgan fingerprint density at radius 3 is 2.90 bits per heavy atom. The third-order valence-electron chi connectivity index (χ3n) is 4.56. The maximum absolute atomic E-state index is 14.0. The van der Waals surface area contributed by atoms with Gasteiger partial charge < -0.3 is 4.57 Å². The van der Waals surface area contributed by atoms with Gasteiger partial charge in [0.05, 0.1) is 6.42 Å². The van der Waals surface area contributed by atoms with Crippen LogP contribution in [0.4, 0.5) is 4.39 Å². The summed E-state index contributed by atoms with van der Waals surface area (Å²) in [7, 11) is 1.89. The van der Waals surface area contributed by atoms with E-state index in [1.165, 1.54) is 6.07 Å². The zero-order valence-corrected chi connectivity index (χ0v) is 16.7. The van der Waals surface area contributed by atoms with Crippen molar-refractivity contribution < 1.29 is 9.18 Å². The lowest BCUT2D eigenvalue weighted by Gasteiger charge is -2.11. The number of Topliss-reactive ketones (excluding diaryl/α,β-unsaturated/α-hetero) is 1. The van der Waals surface area contributed by atoms with Crippen LogP contribution in [0.1, 0.15) is 33.9 Å². The summed E-state index contributed by atoms with van der Waals surface area (Å²) in [4.78, 5) is 21.2. The Balaban J connectivity index is 1.52. The number of nitrogens with zero attached hydrogens (tertiary/aromatic N) is 5. The first-order valence-electron chi connectivity index (χ1n) is 9.05. The van der Waals surface area contributed by atoms with Gasteiger partial charge in [0.15, 0.2) is 10.9 Å². The molecule has 0 bridgehead atoms. The van der Waals surface area contributed by atoms with Crippen LogP contribution in [-0.4, -0.2) is 30.5 Å². The molecule has 3 aromatic heterocycles. The molecule has 1 atom stereocenters. The summed E-state index contributed by atoms with van der Waals surface area (Å²) in [6.45, 7) is 2.06. The lowest BCUT2D eigenvalue weighted by Crippen LogP contribution is -2.08. The number of hydrogen-bond donors (Lipinski definition) is 0. The molecular formula is C21H18FN5OS. The van der Waals surface area contributed by atoms with Crippen LogP contribution < -0.4 is 0 Å². The van der Waals surface area contributed by atoms with E-state index in [1.54, 1.807) is 48.6 Å². The Kier molecular flexibility index (Phi) is 5.35. The van der Waals surface area contributed by atoms with Crippen LogP contribution in [0.2, 0.25) is 0 Å². The number of hydrogen-bond acceptors (Lipinski definition) is 6. The van der Waals surface area contributed by atoms with Gasteiger partial charge in [0.1, 0.15) is 23.4 Å². The molecule has 1 aromatic carbocycles. The summed E-state index contributed by atoms with van der Waals surface area (Å²) in [6.07, 6.45) is 3.45. The Labute approximate surface area is 171 Å². The summed E-state index contributed by atoms with van der Waals surface area (Å²) in [5.74, 6) is -0.639. The van der Waals surface area contributed by atoms with Gasteiger partial charge in [-0.05, 0) is 36.8 Å². The van der Waals surface area contributed by atoms with Crippen molar-refractivity contribution in [3.8, 4) is 0 Å². The van der Waals surface area contributed by atoms with Gasteiger partial charge in [0.25, 0.3) is 0 Å². The van der Waals surface area contributed by atoms with Crippen molar-refractivity contribution in [3.63, 3.8) is 0 Å². The van der Waals surface area contributed by atoms with Gasteiger partial charge in [0, 0.05) is 29.6 Å². The zero-order valence-electron chi connectivity index (χ0n) is 15.9. The van der Waals surface area contributed by atoms with E-state index in [0.29, 0.717) is 11.1 Å². The highest BCUT2D eigenvalue weighted by atomic mass is 32.2. The molecule has 3 heterocycles. The molecule has 0 aliphatic heterocycles. The first-order chi connectivity index (χ1) is 14.0. The SMILES string of the molecule is C[C@H](Sc1nncn1C)c1ccnc(CC(=O)c2ccc3cccc(F)c3n2)c1. The molecule has 29 heavy (non-hydrogen) atoms. The predicted octanol–water partition coefficient (Wildman–Crippen LogP) is 4.18. The van der Waals surface area contributed by atoms with E-state index < -0.39 is 5.82 Å². The number of halogens is 1. The quantitative estimate of drug-likeness (QED) is 0.353. The molecule has 6 nitrogen and oxygen atoms in total. The lowest BCUT2D eigenvalue weighted by molar-refractivity contribution is 0.0987. The molecule has 0 amide bonds. The third-order valence-corrected chi connectivity index (χ3v) is 5.77. The number of thioether (sulfide) groups is 1. The van der Waals surface area contributed by atoms with Crippen molar-refractivity contribution in [2.75, 3.05) is 0 Å². The van der Waals surface area contributed by atoms with E-state index in [0.717, 1.165) is 10.7 Å². The van der Waals surface area contributed by atoms with Crippen LogP contribution in [0, 0.1) is 5.82 Å². The fraction of sp³-hybridized carbons (Fsp3) is 0.190. The Morgan fingerprint density at radius 1 is 1.24 bits per heavy atom. The first-order valence-corrected chi connectivity index (χ1v) is 9.93. The number of aryl methyl sites for hydroxylation is 1. The average molecular weight is 407 g/mol. The minimum absolute atomic E-state index is 0.0994. The number of para-hydroxylation sites is 1. The number of carbonyl (C=O) groups excluding carboxylic acids is 1. The van der Waals surface area contributed by atoms with E-state index in [9.17, 15) is 9.18 Å². The number of aromatic nitrogens is 5. The van der Waals surface area contributed by atoms with Gasteiger partial charge >= 0.3 is 0 Å². The largest absolute Gasteiger partial charge is 0.312 e. The Bertz CT molecular complexity index is 1190. The van der Waals surface area contributed by atoms with Gasteiger partial charge in [-0.3, -0.25) is 9.78 Å². The highest BCUT2D eigenvalue weighted by Gasteiger charge is 2.15. The molecule has 0 aliphatic rings. The maximum atomic E-state index is 14.0. The molecule has 0 fully saturated rings. The molecule has 4 rings (SSSR count). The smallest absolute Gasteiger partial charge is 0.191 e. The first kappa shape index (κ1) is 19.2. The zero-order chi connectivity index (χ0) is 20.4. The highest BCUT2D eigenvalue weighted by molar-refractivity contribution is 7.99. The van der Waals surface area contributed by atoms with Crippen LogP contribution in [0.15, 0.2) is 60.1 Å². The lowest BCUT2D eigenvalue weighted by atomic mass is 10.1. The second-order valence-electron chi connectivity index (χ2n) is 6.67. The topological polar surface area (TPSA) is 73.6 Å². The second kappa shape index (κ2) is 8.08. The number of ketones is 1. The molecule has 0 unspecified atom stereocenters. The standard InChI is InChI=1S/C21H18FN5OS/c1-13(29-21-26-24-12-27(21)2)15-8-9-23-16(10-15)11-19(28)18-7-6-14-4-3-5-17(22)20(14)25-18/h3-10,12-13H,11H2,1-2H3/t13-/m0/s1. The molecule has 0 radical (unpaired) electrons. The minimum atomic E-state index is -0.438. The van der Waals surface area contributed by atoms with E-state index in [-0.39, 0.29) is 28.7 Å². The molecule has 0 aliphatic carbocycles. The second-order valence-corrected chi connectivity index (χ2v) is 7.98. The van der Waals surface area contributed by atoms with Crippen molar-refractivity contribution in [2.45, 2.75) is 23.8 Å². The minimum Gasteiger partial charge on any atom is -0.312 e. The van der Waals surface area contributed by atoms with Gasteiger partial charge in [-0.2, -0.15) is 0 Å². The van der Waals surface area contributed by atoms with Crippen molar-refractivity contribution in [1.82, 2.24) is 24.7 Å². The van der Waals surface area contributed by atoms with Gasteiger partial charge in [0.2, 0.25) is 0 Å². The Morgan fingerprint density at radius 2 is 2.10 bits per heavy atom. The Hall–Kier alpha value is -3.13. The molecule has 0 saturated carbocycles. The van der Waals surface area contributed by atoms with Gasteiger partial charge in [-0.15, -0.1) is 10.2 Å². The van der Waals surface area contributed by atoms with Gasteiger partial charge in [-0.25, -0.2) is 9.37 Å². The normalized spacial score (nSPS) is 12.2. The average Bonchev–Trinajstić information content (AvgIpc) is 3.12. The monoisotopic (exact) mass is 407 g/mol. The molecule has 4 aromatic rings. The fourth-order valence-electron chi connectivity index (χ4n) is 2.97. The third kappa shape index (κ3) is 4.17. The van der Waals surface area contributed by atoms with Crippen molar-refractivity contribution in [3.05, 3.63) is 77.8 Å². The molecule has 0 saturated heterocycles. The van der Waals surface area contributed by atoms with E-state index >= 15 is 0 Å². The van der Waals surface area contributed by atoms with Crippen LogP contribution in [-0.2, 0) is 13.5 Å². The van der Waals surface area contributed by atoms with Crippen LogP contribution in [0.3, 0.4) is 0 Å². The number of benzene rings is 1. The van der Waals surface area contributed by atoms with Crippen molar-refractivity contribution in [1.29, 1.82) is 0 Å². The van der Waals surface area contributed by atoms with Crippen molar-refractivity contribution in [2.24, 2.45) is 7.05 Å². The summed E-state index contributed by atoms with van der Waals surface area (Å²) >= 11 is 1.58. The maximum Gasteiger partial charge on any atom is 0.191 e. The summed E-state index contributed by atoms with van der Waals surface area (Å²) in [6, 6.07) is 11.9. The van der Waals surface area contributed by atoms with Crippen molar-refractivity contribution >= 4 is 28.4 Å². The number of pyridine rings is 2. The van der Waals surface area contributed by atoms with Crippen LogP contribution in [0.5, 0.6) is 0 Å². The predicted molar refractivity (Wildman–Crippen MR) is 109 cm³/mol. The van der Waals surface area contributed by atoms with Crippen LogP contribution in [0.25, 0.3) is 10.9 Å². The number of fused-ring (bicyclic) bond motifs is 1. The van der Waals surface area contributed by atoms with E-state index in [2.05, 4.69) is 27.1 Å². The fourth-order valence-corrected chi connectivity index (χ4v) is 3.88. The summed E-state index contributed by atoms with van der Waals surface area (Å²) in [5.41, 5.74) is 2.12. The molecule has 8 heteroatoms. The number of carbonyl (C=O) groups is 1. The summed E-state index contributed by atoms with van der Waals surface area (Å²) < 4.78 is 15.8. The molecule has 146 valence electrons. The number of rotatable bonds is 6. The van der Waals surface area contributed by atoms with Gasteiger partial charge in [-0.1, -0.05) is 30.0 Å². The molecule has 0 spiro atoms. The van der Waals surface area contributed by atoms with E-state index in [4.69, 9.17) is 0 Å². The summed E-state index contributed by atoms with van der Waals surface area (Å²) in [5, 5.41) is 9.57. The molecule has 0 N–H and O–H groups in total. The van der Waals surface area contributed by atoms with E-state index in [1.807, 2.05) is 23.7 Å².